The topological polar surface area (TPSA) is 47.0 Å². The predicted octanol–water partition coefficient (Wildman–Crippen LogP) is 3.10. The molecule has 0 unspecified atom stereocenters. The number of methoxy groups -OCH3 is 1. The third-order valence-corrected chi connectivity index (χ3v) is 3.02. The molecule has 4 nitrogen and oxygen atoms in total. The van der Waals surface area contributed by atoms with Crippen molar-refractivity contribution >= 4 is 17.4 Å². The van der Waals surface area contributed by atoms with E-state index in [9.17, 15) is 0 Å². The van der Waals surface area contributed by atoms with E-state index >= 15 is 0 Å². The fraction of sp³-hybridized carbons (Fsp3) is 0.286. The number of aryl methyl sites for hydroxylation is 1. The lowest BCUT2D eigenvalue weighted by molar-refractivity contribution is 0.413. The molecule has 100 valence electrons. The number of nitrogens with zero attached hydrogens (tertiary/aromatic N) is 2. The van der Waals surface area contributed by atoms with Gasteiger partial charge in [0.15, 0.2) is 16.7 Å². The highest BCUT2D eigenvalue weighted by molar-refractivity contribution is 6.31. The Bertz CT molecular complexity index is 560. The average Bonchev–Trinajstić information content (AvgIpc) is 2.39. The van der Waals surface area contributed by atoms with Gasteiger partial charge in [-0.3, -0.25) is 0 Å². The minimum atomic E-state index is 0.315. The minimum Gasteiger partial charge on any atom is -0.490 e. The summed E-state index contributed by atoms with van der Waals surface area (Å²) >= 11 is 5.93. The number of rotatable bonds is 5. The second-order valence-electron chi connectivity index (χ2n) is 4.21. The predicted molar refractivity (Wildman–Crippen MR) is 77.0 cm³/mol. The average molecular weight is 278 g/mol. The summed E-state index contributed by atoms with van der Waals surface area (Å²) in [5.74, 6) is 1.10. The first-order valence-corrected chi connectivity index (χ1v) is 6.42. The number of nitrogens with one attached hydrogen (secondary N) is 1. The largest absolute Gasteiger partial charge is 0.490 e. The first-order chi connectivity index (χ1) is 9.20. The molecule has 0 fully saturated rings. The molecule has 2 aromatic rings. The van der Waals surface area contributed by atoms with Crippen LogP contribution >= 0.6 is 11.6 Å². The van der Waals surface area contributed by atoms with Crippen molar-refractivity contribution in [1.82, 2.24) is 9.97 Å². The van der Waals surface area contributed by atoms with Crippen LogP contribution in [0.15, 0.2) is 30.6 Å². The number of hydrogen-bond donors (Lipinski definition) is 1. The number of hydrogen-bond acceptors (Lipinski definition) is 4. The van der Waals surface area contributed by atoms with Gasteiger partial charge in [0, 0.05) is 6.54 Å². The summed E-state index contributed by atoms with van der Waals surface area (Å²) in [6.07, 6.45) is 2.33. The Morgan fingerprint density at radius 3 is 2.89 bits per heavy atom. The molecule has 0 atom stereocenters. The Labute approximate surface area is 117 Å². The fourth-order valence-corrected chi connectivity index (χ4v) is 2.06. The van der Waals surface area contributed by atoms with E-state index in [2.05, 4.69) is 46.5 Å². The molecule has 0 spiro atoms. The zero-order chi connectivity index (χ0) is 13.7. The summed E-state index contributed by atoms with van der Waals surface area (Å²) in [5.41, 5.74) is 2.55. The molecule has 1 aromatic heterocycles. The molecular weight excluding hydrogens is 262 g/mol. The molecule has 1 aromatic carbocycles. The molecular formula is C14H16ClN3O. The Morgan fingerprint density at radius 2 is 2.16 bits per heavy atom. The summed E-state index contributed by atoms with van der Waals surface area (Å²) in [7, 11) is 1.55. The van der Waals surface area contributed by atoms with E-state index in [0.717, 1.165) is 13.0 Å². The number of aromatic nitrogens is 2. The lowest BCUT2D eigenvalue weighted by Crippen LogP contribution is -2.08. The summed E-state index contributed by atoms with van der Waals surface area (Å²) in [6, 6.07) is 8.43. The van der Waals surface area contributed by atoms with E-state index in [-0.39, 0.29) is 0 Å². The fourth-order valence-electron chi connectivity index (χ4n) is 1.85. The summed E-state index contributed by atoms with van der Waals surface area (Å²) < 4.78 is 5.18. The first-order valence-electron chi connectivity index (χ1n) is 6.04. The summed E-state index contributed by atoms with van der Waals surface area (Å²) in [6.45, 7) is 2.84. The third kappa shape index (κ3) is 3.58. The smallest absolute Gasteiger partial charge is 0.198 e. The molecule has 0 saturated heterocycles. The normalized spacial score (nSPS) is 10.3. The molecule has 19 heavy (non-hydrogen) atoms. The van der Waals surface area contributed by atoms with Crippen LogP contribution in [0.5, 0.6) is 5.75 Å². The van der Waals surface area contributed by atoms with Gasteiger partial charge in [0.05, 0.1) is 7.11 Å². The highest BCUT2D eigenvalue weighted by Gasteiger charge is 2.09. The van der Waals surface area contributed by atoms with Crippen molar-refractivity contribution in [2.24, 2.45) is 0 Å². The van der Waals surface area contributed by atoms with Gasteiger partial charge in [-0.2, -0.15) is 0 Å². The highest BCUT2D eigenvalue weighted by atomic mass is 35.5. The van der Waals surface area contributed by atoms with Gasteiger partial charge < -0.3 is 10.1 Å². The molecule has 0 bridgehead atoms. The second kappa shape index (κ2) is 6.38. The van der Waals surface area contributed by atoms with Crippen molar-refractivity contribution in [3.05, 3.63) is 46.9 Å². The Hall–Kier alpha value is -1.81. The van der Waals surface area contributed by atoms with Gasteiger partial charge in [-0.15, -0.1) is 0 Å². The van der Waals surface area contributed by atoms with E-state index < -0.39 is 0 Å². The summed E-state index contributed by atoms with van der Waals surface area (Å²) in [4.78, 5) is 8.01. The van der Waals surface area contributed by atoms with Gasteiger partial charge in [-0.25, -0.2) is 9.97 Å². The molecule has 5 heteroatoms. The maximum atomic E-state index is 5.93. The molecule has 0 aliphatic rings. The van der Waals surface area contributed by atoms with Gasteiger partial charge in [-0.1, -0.05) is 41.4 Å². The quantitative estimate of drug-likeness (QED) is 0.853. The lowest BCUT2D eigenvalue weighted by Gasteiger charge is -2.10. The van der Waals surface area contributed by atoms with Crippen LogP contribution in [-0.4, -0.2) is 23.6 Å². The van der Waals surface area contributed by atoms with Gasteiger partial charge in [0.2, 0.25) is 0 Å². The van der Waals surface area contributed by atoms with Gasteiger partial charge in [-0.05, 0) is 18.9 Å². The molecule has 0 radical (unpaired) electrons. The van der Waals surface area contributed by atoms with Crippen LogP contribution in [0.4, 0.5) is 5.82 Å². The van der Waals surface area contributed by atoms with Gasteiger partial charge in [0.1, 0.15) is 6.33 Å². The Kier molecular flexibility index (Phi) is 4.58. The van der Waals surface area contributed by atoms with Crippen molar-refractivity contribution in [2.75, 3.05) is 19.0 Å². The van der Waals surface area contributed by atoms with Crippen molar-refractivity contribution in [2.45, 2.75) is 13.3 Å². The van der Waals surface area contributed by atoms with Crippen LogP contribution in [0.2, 0.25) is 5.15 Å². The SMILES string of the molecule is COc1c(Cl)ncnc1NCCc1cccc(C)c1. The standard InChI is InChI=1S/C14H16ClN3O/c1-10-4-3-5-11(8-10)6-7-16-14-12(19-2)13(15)17-9-18-14/h3-5,8-9H,6-7H2,1-2H3,(H,16,17,18). The highest BCUT2D eigenvalue weighted by Crippen LogP contribution is 2.28. The monoisotopic (exact) mass is 277 g/mol. The molecule has 0 amide bonds. The molecule has 0 aliphatic heterocycles. The summed E-state index contributed by atoms with van der Waals surface area (Å²) in [5, 5.41) is 3.53. The van der Waals surface area contributed by atoms with Crippen LogP contribution in [0.3, 0.4) is 0 Å². The maximum Gasteiger partial charge on any atom is 0.198 e. The van der Waals surface area contributed by atoms with Crippen molar-refractivity contribution in [3.63, 3.8) is 0 Å². The van der Waals surface area contributed by atoms with Crippen LogP contribution in [0, 0.1) is 6.92 Å². The van der Waals surface area contributed by atoms with E-state index in [1.807, 2.05) is 0 Å². The molecule has 2 rings (SSSR count). The van der Waals surface area contributed by atoms with E-state index in [4.69, 9.17) is 16.3 Å². The van der Waals surface area contributed by atoms with Crippen molar-refractivity contribution < 1.29 is 4.74 Å². The molecule has 0 aliphatic carbocycles. The Morgan fingerprint density at radius 1 is 1.32 bits per heavy atom. The van der Waals surface area contributed by atoms with E-state index in [0.29, 0.717) is 16.7 Å². The van der Waals surface area contributed by atoms with E-state index in [1.54, 1.807) is 7.11 Å². The van der Waals surface area contributed by atoms with Crippen LogP contribution in [-0.2, 0) is 6.42 Å². The first kappa shape index (κ1) is 13.6. The Balaban J connectivity index is 1.98. The van der Waals surface area contributed by atoms with Gasteiger partial charge in [0.25, 0.3) is 0 Å². The van der Waals surface area contributed by atoms with Crippen LogP contribution in [0.25, 0.3) is 0 Å². The van der Waals surface area contributed by atoms with Gasteiger partial charge >= 0.3 is 0 Å². The van der Waals surface area contributed by atoms with Crippen LogP contribution < -0.4 is 10.1 Å². The molecule has 0 saturated carbocycles. The number of anilines is 1. The number of ether oxygens (including phenoxy) is 1. The number of benzene rings is 1. The zero-order valence-corrected chi connectivity index (χ0v) is 11.7. The van der Waals surface area contributed by atoms with Crippen molar-refractivity contribution in [1.29, 1.82) is 0 Å². The second-order valence-corrected chi connectivity index (χ2v) is 4.57. The third-order valence-electron chi connectivity index (χ3n) is 2.75. The molecule has 1 N–H and O–H groups in total. The zero-order valence-electron chi connectivity index (χ0n) is 11.0. The van der Waals surface area contributed by atoms with Crippen LogP contribution in [0.1, 0.15) is 11.1 Å². The minimum absolute atomic E-state index is 0.315. The number of halogens is 1. The molecule has 1 heterocycles. The lowest BCUT2D eigenvalue weighted by atomic mass is 10.1. The van der Waals surface area contributed by atoms with E-state index in [1.165, 1.54) is 17.5 Å². The maximum absolute atomic E-state index is 5.93. The van der Waals surface area contributed by atoms with Crippen molar-refractivity contribution in [3.8, 4) is 5.75 Å².